The topological polar surface area (TPSA) is 4.93 Å². The zero-order valence-electron chi connectivity index (χ0n) is 7.11. The Kier molecular flexibility index (Phi) is 2.21. The molecule has 0 saturated heterocycles. The van der Waals surface area contributed by atoms with E-state index in [1.54, 1.807) is 13.0 Å². The summed E-state index contributed by atoms with van der Waals surface area (Å²) in [6.45, 7) is 1.74. The summed E-state index contributed by atoms with van der Waals surface area (Å²) < 4.78 is 40.5. The summed E-state index contributed by atoms with van der Waals surface area (Å²) in [6, 6.07) is 2.60. The van der Waals surface area contributed by atoms with Crippen molar-refractivity contribution < 1.29 is 13.2 Å². The molecule has 0 N–H and O–H groups in total. The minimum atomic E-state index is -1.42. The first kappa shape index (κ1) is 9.82. The molecule has 0 aliphatic heterocycles. The third kappa shape index (κ3) is 1.22. The van der Waals surface area contributed by atoms with Gasteiger partial charge in [0, 0.05) is 11.1 Å². The molecular formula is C9H5F3IN. The van der Waals surface area contributed by atoms with Crippen molar-refractivity contribution in [2.24, 2.45) is 0 Å². The molecule has 0 fully saturated rings. The minimum absolute atomic E-state index is 0.0852. The SMILES string of the molecule is Cc1cc2cc(F)c(F)c(F)c2n1I. The van der Waals surface area contributed by atoms with E-state index in [9.17, 15) is 13.2 Å². The molecule has 0 amide bonds. The van der Waals surface area contributed by atoms with Gasteiger partial charge in [-0.05, 0) is 19.1 Å². The summed E-state index contributed by atoms with van der Waals surface area (Å²) in [7, 11) is 0. The van der Waals surface area contributed by atoms with Crippen molar-refractivity contribution in [3.05, 3.63) is 35.3 Å². The maximum absolute atomic E-state index is 13.3. The Labute approximate surface area is 92.0 Å². The van der Waals surface area contributed by atoms with Crippen LogP contribution in [-0.4, -0.2) is 2.78 Å². The quantitative estimate of drug-likeness (QED) is 0.518. The van der Waals surface area contributed by atoms with E-state index < -0.39 is 17.5 Å². The lowest BCUT2D eigenvalue weighted by molar-refractivity contribution is 0.452. The Hall–Kier alpha value is -0.720. The lowest BCUT2D eigenvalue weighted by Crippen LogP contribution is -1.93. The van der Waals surface area contributed by atoms with Gasteiger partial charge in [0.05, 0.1) is 28.4 Å². The Bertz CT molecular complexity index is 518. The Morgan fingerprint density at radius 3 is 2.43 bits per heavy atom. The molecule has 1 nitrogen and oxygen atoms in total. The first-order valence-corrected chi connectivity index (χ1v) is 4.80. The van der Waals surface area contributed by atoms with Crippen LogP contribution in [0.2, 0.25) is 0 Å². The molecule has 0 aliphatic rings. The first-order valence-electron chi connectivity index (χ1n) is 3.84. The molecule has 0 radical (unpaired) electrons. The smallest absolute Gasteiger partial charge is 0.196 e. The van der Waals surface area contributed by atoms with Crippen molar-refractivity contribution >= 4 is 33.8 Å². The van der Waals surface area contributed by atoms with Gasteiger partial charge in [-0.3, -0.25) is 2.78 Å². The number of hydrogen-bond acceptors (Lipinski definition) is 0. The molecule has 5 heteroatoms. The standard InChI is InChI=1S/C9H5F3IN/c1-4-2-5-3-6(10)7(11)8(12)9(5)14(4)13/h2-3H,1H3. The highest BCUT2D eigenvalue weighted by atomic mass is 127. The van der Waals surface area contributed by atoms with E-state index >= 15 is 0 Å². The largest absolute Gasteiger partial charge is 0.284 e. The van der Waals surface area contributed by atoms with E-state index in [0.717, 1.165) is 11.8 Å². The fourth-order valence-electron chi connectivity index (χ4n) is 1.37. The third-order valence-corrected chi connectivity index (χ3v) is 3.28. The van der Waals surface area contributed by atoms with Crippen molar-refractivity contribution in [2.45, 2.75) is 6.92 Å². The van der Waals surface area contributed by atoms with Crippen molar-refractivity contribution in [3.63, 3.8) is 0 Å². The number of rotatable bonds is 0. The molecular weight excluding hydrogens is 306 g/mol. The van der Waals surface area contributed by atoms with Crippen LogP contribution in [0, 0.1) is 24.4 Å². The van der Waals surface area contributed by atoms with Crippen molar-refractivity contribution in [3.8, 4) is 0 Å². The second-order valence-electron chi connectivity index (χ2n) is 2.99. The summed E-state index contributed by atoms with van der Waals surface area (Å²) in [4.78, 5) is 0. The number of halogens is 4. The van der Waals surface area contributed by atoms with Gasteiger partial charge >= 0.3 is 0 Å². The average molecular weight is 311 g/mol. The molecule has 74 valence electrons. The predicted octanol–water partition coefficient (Wildman–Crippen LogP) is 3.57. The molecule has 0 bridgehead atoms. The molecule has 14 heavy (non-hydrogen) atoms. The van der Waals surface area contributed by atoms with Crippen molar-refractivity contribution in [1.29, 1.82) is 0 Å². The van der Waals surface area contributed by atoms with E-state index in [0.29, 0.717) is 5.39 Å². The highest BCUT2D eigenvalue weighted by Crippen LogP contribution is 2.27. The van der Waals surface area contributed by atoms with Crippen LogP contribution in [0.25, 0.3) is 10.9 Å². The van der Waals surface area contributed by atoms with Crippen LogP contribution in [-0.2, 0) is 0 Å². The zero-order valence-corrected chi connectivity index (χ0v) is 9.27. The summed E-state index contributed by atoms with van der Waals surface area (Å²) in [5.41, 5.74) is 0.825. The lowest BCUT2D eigenvalue weighted by atomic mass is 10.2. The van der Waals surface area contributed by atoms with E-state index in [1.807, 2.05) is 22.9 Å². The average Bonchev–Trinajstić information content (AvgIpc) is 2.39. The van der Waals surface area contributed by atoms with Gasteiger partial charge in [-0.15, -0.1) is 0 Å². The molecule has 2 aromatic rings. The molecule has 1 heterocycles. The van der Waals surface area contributed by atoms with Crippen LogP contribution in [0.3, 0.4) is 0 Å². The number of fused-ring (bicyclic) bond motifs is 1. The first-order chi connectivity index (χ1) is 6.52. The van der Waals surface area contributed by atoms with Crippen LogP contribution < -0.4 is 0 Å². The predicted molar refractivity (Wildman–Crippen MR) is 56.0 cm³/mol. The van der Waals surface area contributed by atoms with E-state index in [2.05, 4.69) is 0 Å². The van der Waals surface area contributed by atoms with E-state index in [4.69, 9.17) is 0 Å². The van der Waals surface area contributed by atoms with Crippen LogP contribution in [0.15, 0.2) is 12.1 Å². The molecule has 0 spiro atoms. The molecule has 0 atom stereocenters. The van der Waals surface area contributed by atoms with Crippen LogP contribution >= 0.6 is 22.9 Å². The lowest BCUT2D eigenvalue weighted by Gasteiger charge is -1.99. The Balaban J connectivity index is 2.99. The van der Waals surface area contributed by atoms with Gasteiger partial charge in [-0.25, -0.2) is 13.2 Å². The van der Waals surface area contributed by atoms with E-state index in [1.165, 1.54) is 2.78 Å². The van der Waals surface area contributed by atoms with Crippen molar-refractivity contribution in [1.82, 2.24) is 2.78 Å². The highest BCUT2D eigenvalue weighted by Gasteiger charge is 2.17. The molecule has 0 aliphatic carbocycles. The normalized spacial score (nSPS) is 11.2. The van der Waals surface area contributed by atoms with Gasteiger partial charge in [0.2, 0.25) is 0 Å². The van der Waals surface area contributed by atoms with Gasteiger partial charge in [-0.1, -0.05) is 0 Å². The second kappa shape index (κ2) is 3.15. The number of benzene rings is 1. The molecule has 1 aromatic heterocycles. The fourth-order valence-corrected chi connectivity index (χ4v) is 2.00. The highest BCUT2D eigenvalue weighted by molar-refractivity contribution is 14.1. The molecule has 0 unspecified atom stereocenters. The fraction of sp³-hybridized carbons (Fsp3) is 0.111. The van der Waals surface area contributed by atoms with Crippen molar-refractivity contribution in [2.75, 3.05) is 0 Å². The van der Waals surface area contributed by atoms with E-state index in [-0.39, 0.29) is 5.52 Å². The third-order valence-electron chi connectivity index (χ3n) is 2.04. The second-order valence-corrected chi connectivity index (χ2v) is 3.96. The van der Waals surface area contributed by atoms with Gasteiger partial charge in [0.1, 0.15) is 0 Å². The monoisotopic (exact) mass is 311 g/mol. The van der Waals surface area contributed by atoms with Crippen LogP contribution in [0.1, 0.15) is 5.69 Å². The number of nitrogens with zero attached hydrogens (tertiary/aromatic N) is 1. The van der Waals surface area contributed by atoms with Gasteiger partial charge < -0.3 is 0 Å². The van der Waals surface area contributed by atoms with Crippen LogP contribution in [0.4, 0.5) is 13.2 Å². The van der Waals surface area contributed by atoms with Crippen LogP contribution in [0.5, 0.6) is 0 Å². The van der Waals surface area contributed by atoms with Gasteiger partial charge in [0.25, 0.3) is 0 Å². The number of hydrogen-bond donors (Lipinski definition) is 0. The summed E-state index contributed by atoms with van der Waals surface area (Å²) in [5.74, 6) is -3.71. The summed E-state index contributed by atoms with van der Waals surface area (Å²) in [5, 5.41) is 0.369. The molecule has 0 saturated carbocycles. The summed E-state index contributed by atoms with van der Waals surface area (Å²) in [6.07, 6.45) is 0. The Morgan fingerprint density at radius 1 is 1.14 bits per heavy atom. The molecule has 1 aromatic carbocycles. The Morgan fingerprint density at radius 2 is 1.79 bits per heavy atom. The zero-order chi connectivity index (χ0) is 10.5. The van der Waals surface area contributed by atoms with Gasteiger partial charge in [0.15, 0.2) is 17.5 Å². The molecule has 2 rings (SSSR count). The maximum atomic E-state index is 13.3. The number of aromatic nitrogens is 1. The summed E-state index contributed by atoms with van der Waals surface area (Å²) >= 11 is 1.84. The minimum Gasteiger partial charge on any atom is -0.284 e. The van der Waals surface area contributed by atoms with Gasteiger partial charge in [-0.2, -0.15) is 0 Å². The maximum Gasteiger partial charge on any atom is 0.196 e. The number of aryl methyl sites for hydroxylation is 1.